The maximum atomic E-state index is 5.76. The van der Waals surface area contributed by atoms with Gasteiger partial charge in [0, 0.05) is 11.4 Å². The molecule has 2 nitrogen and oxygen atoms in total. The highest BCUT2D eigenvalue weighted by molar-refractivity contribution is 5.49. The normalized spacial score (nSPS) is 13.6. The number of anilines is 2. The minimum atomic E-state index is 0.779. The van der Waals surface area contributed by atoms with Crippen LogP contribution in [0.5, 0.6) is 0 Å². The largest absolute Gasteiger partial charge is 0.399 e. The van der Waals surface area contributed by atoms with E-state index in [9.17, 15) is 0 Å². The molecule has 0 aliphatic heterocycles. The van der Waals surface area contributed by atoms with Crippen molar-refractivity contribution in [3.63, 3.8) is 0 Å². The molecule has 1 fully saturated rings. The first-order valence-corrected chi connectivity index (χ1v) is 5.92. The van der Waals surface area contributed by atoms with Gasteiger partial charge in [-0.2, -0.15) is 0 Å². The minimum absolute atomic E-state index is 0.779. The molecule has 0 amide bonds. The molecular weight excluding hydrogens is 208 g/mol. The number of rotatable bonds is 1. The van der Waals surface area contributed by atoms with Crippen LogP contribution in [0, 0.1) is 0 Å². The van der Waals surface area contributed by atoms with Gasteiger partial charge in [-0.25, -0.2) is 0 Å². The lowest BCUT2D eigenvalue weighted by atomic mass is 10.1. The van der Waals surface area contributed by atoms with Gasteiger partial charge >= 0.3 is 0 Å². The van der Waals surface area contributed by atoms with Crippen molar-refractivity contribution >= 4 is 11.4 Å². The molecule has 4 N–H and O–H groups in total. The first-order chi connectivity index (χ1) is 8.27. The number of nitrogen functional groups attached to an aromatic ring is 2. The van der Waals surface area contributed by atoms with Gasteiger partial charge in [0.25, 0.3) is 0 Å². The average molecular weight is 226 g/mol. The molecule has 88 valence electrons. The van der Waals surface area contributed by atoms with Crippen LogP contribution in [0.2, 0.25) is 0 Å². The summed E-state index contributed by atoms with van der Waals surface area (Å²) in [5.41, 5.74) is 14.3. The Bertz CT molecular complexity index is 461. The quantitative estimate of drug-likeness (QED) is 0.732. The van der Waals surface area contributed by atoms with Gasteiger partial charge in [-0.05, 0) is 42.5 Å². The van der Waals surface area contributed by atoms with E-state index in [1.807, 2.05) is 42.5 Å². The minimum Gasteiger partial charge on any atom is -0.399 e. The summed E-state index contributed by atoms with van der Waals surface area (Å²) >= 11 is 0. The van der Waals surface area contributed by atoms with Gasteiger partial charge in [0.05, 0.1) is 0 Å². The molecule has 2 aromatic carbocycles. The molecule has 0 spiro atoms. The van der Waals surface area contributed by atoms with Gasteiger partial charge in [0.15, 0.2) is 0 Å². The SMILES string of the molecule is Nc1ccccc1.Nc1ccccc1C1CC1. The lowest BCUT2D eigenvalue weighted by Gasteiger charge is -2.00. The maximum absolute atomic E-state index is 5.76. The Labute approximate surface area is 102 Å². The lowest BCUT2D eigenvalue weighted by Crippen LogP contribution is -1.90. The molecule has 0 atom stereocenters. The Morgan fingerprint density at radius 2 is 1.35 bits per heavy atom. The first kappa shape index (κ1) is 11.5. The summed E-state index contributed by atoms with van der Waals surface area (Å²) in [5.74, 6) is 0.779. The molecule has 1 aliphatic carbocycles. The highest BCUT2D eigenvalue weighted by Gasteiger charge is 2.24. The summed E-state index contributed by atoms with van der Waals surface area (Å²) in [5, 5.41) is 0. The van der Waals surface area contributed by atoms with Gasteiger partial charge in [0.1, 0.15) is 0 Å². The smallest absolute Gasteiger partial charge is 0.0349 e. The standard InChI is InChI=1S/C9H11N.C6H7N/c10-9-4-2-1-3-8(9)7-5-6-7;7-6-4-2-1-3-5-6/h1-4,7H,5-6,10H2;1-5H,7H2. The Hall–Kier alpha value is -1.96. The number of para-hydroxylation sites is 2. The predicted octanol–water partition coefficient (Wildman–Crippen LogP) is 3.42. The molecule has 3 rings (SSSR count). The monoisotopic (exact) mass is 226 g/mol. The Balaban J connectivity index is 0.000000136. The van der Waals surface area contributed by atoms with Crippen LogP contribution in [0.1, 0.15) is 24.3 Å². The van der Waals surface area contributed by atoms with Gasteiger partial charge in [-0.1, -0.05) is 36.4 Å². The summed E-state index contributed by atoms with van der Waals surface area (Å²) in [6.45, 7) is 0. The van der Waals surface area contributed by atoms with Crippen LogP contribution in [0.4, 0.5) is 11.4 Å². The molecule has 1 saturated carbocycles. The second-order valence-electron chi connectivity index (χ2n) is 4.31. The van der Waals surface area contributed by atoms with Gasteiger partial charge in [0.2, 0.25) is 0 Å². The number of hydrogen-bond donors (Lipinski definition) is 2. The summed E-state index contributed by atoms with van der Waals surface area (Å²) in [6, 6.07) is 17.6. The van der Waals surface area contributed by atoms with Crippen molar-refractivity contribution in [2.75, 3.05) is 11.5 Å². The van der Waals surface area contributed by atoms with Gasteiger partial charge in [-0.15, -0.1) is 0 Å². The molecule has 0 unspecified atom stereocenters. The van der Waals surface area contributed by atoms with Crippen LogP contribution < -0.4 is 11.5 Å². The van der Waals surface area contributed by atoms with Crippen LogP contribution in [0.25, 0.3) is 0 Å². The van der Waals surface area contributed by atoms with Crippen molar-refractivity contribution in [2.24, 2.45) is 0 Å². The van der Waals surface area contributed by atoms with Crippen molar-refractivity contribution in [2.45, 2.75) is 18.8 Å². The van der Waals surface area contributed by atoms with E-state index in [2.05, 4.69) is 12.1 Å². The van der Waals surface area contributed by atoms with Crippen LogP contribution in [-0.4, -0.2) is 0 Å². The Morgan fingerprint density at radius 1 is 0.765 bits per heavy atom. The van der Waals surface area contributed by atoms with E-state index in [4.69, 9.17) is 11.5 Å². The Morgan fingerprint density at radius 3 is 1.82 bits per heavy atom. The van der Waals surface area contributed by atoms with E-state index < -0.39 is 0 Å². The maximum Gasteiger partial charge on any atom is 0.0349 e. The average Bonchev–Trinajstić information content (AvgIpc) is 3.16. The lowest BCUT2D eigenvalue weighted by molar-refractivity contribution is 1.14. The zero-order valence-electron chi connectivity index (χ0n) is 9.84. The van der Waals surface area contributed by atoms with E-state index in [0.717, 1.165) is 17.3 Å². The van der Waals surface area contributed by atoms with E-state index in [-0.39, 0.29) is 0 Å². The fourth-order valence-corrected chi connectivity index (χ4v) is 1.73. The molecule has 0 aromatic heterocycles. The second-order valence-corrected chi connectivity index (χ2v) is 4.31. The zero-order valence-corrected chi connectivity index (χ0v) is 9.84. The fourth-order valence-electron chi connectivity index (χ4n) is 1.73. The van der Waals surface area contributed by atoms with Crippen LogP contribution in [0.3, 0.4) is 0 Å². The highest BCUT2D eigenvalue weighted by Crippen LogP contribution is 2.42. The number of hydrogen-bond acceptors (Lipinski definition) is 2. The molecule has 2 heteroatoms. The summed E-state index contributed by atoms with van der Waals surface area (Å²) < 4.78 is 0. The van der Waals surface area contributed by atoms with Gasteiger partial charge < -0.3 is 11.5 Å². The van der Waals surface area contributed by atoms with E-state index in [1.54, 1.807) is 0 Å². The van der Waals surface area contributed by atoms with Crippen molar-refractivity contribution in [1.82, 2.24) is 0 Å². The molecule has 17 heavy (non-hydrogen) atoms. The molecular formula is C15H18N2. The van der Waals surface area contributed by atoms with E-state index in [0.29, 0.717) is 0 Å². The number of nitrogens with two attached hydrogens (primary N) is 2. The van der Waals surface area contributed by atoms with Crippen LogP contribution in [0.15, 0.2) is 54.6 Å². The summed E-state index contributed by atoms with van der Waals surface area (Å²) in [6.07, 6.45) is 2.66. The van der Waals surface area contributed by atoms with Gasteiger partial charge in [-0.3, -0.25) is 0 Å². The van der Waals surface area contributed by atoms with Crippen molar-refractivity contribution in [3.8, 4) is 0 Å². The molecule has 0 radical (unpaired) electrons. The molecule has 1 aliphatic rings. The van der Waals surface area contributed by atoms with Crippen molar-refractivity contribution in [3.05, 3.63) is 60.2 Å². The third-order valence-corrected chi connectivity index (χ3v) is 2.81. The van der Waals surface area contributed by atoms with Crippen molar-refractivity contribution in [1.29, 1.82) is 0 Å². The molecule has 0 bridgehead atoms. The topological polar surface area (TPSA) is 52.0 Å². The van der Waals surface area contributed by atoms with Crippen LogP contribution >= 0.6 is 0 Å². The van der Waals surface area contributed by atoms with Crippen LogP contribution in [-0.2, 0) is 0 Å². The molecule has 0 heterocycles. The molecule has 0 saturated heterocycles. The summed E-state index contributed by atoms with van der Waals surface area (Å²) in [4.78, 5) is 0. The van der Waals surface area contributed by atoms with E-state index >= 15 is 0 Å². The molecule has 2 aromatic rings. The third-order valence-electron chi connectivity index (χ3n) is 2.81. The zero-order chi connectivity index (χ0) is 12.1. The predicted molar refractivity (Wildman–Crippen MR) is 73.7 cm³/mol. The highest BCUT2D eigenvalue weighted by atomic mass is 14.6. The second kappa shape index (κ2) is 5.39. The third kappa shape index (κ3) is 3.52. The first-order valence-electron chi connectivity index (χ1n) is 5.92. The summed E-state index contributed by atoms with van der Waals surface area (Å²) in [7, 11) is 0. The number of benzene rings is 2. The Kier molecular flexibility index (Phi) is 3.66. The van der Waals surface area contributed by atoms with E-state index in [1.165, 1.54) is 18.4 Å². The fraction of sp³-hybridized carbons (Fsp3) is 0.200. The van der Waals surface area contributed by atoms with Crippen molar-refractivity contribution < 1.29 is 0 Å².